The van der Waals surface area contributed by atoms with Gasteiger partial charge in [-0.15, -0.1) is 0 Å². The van der Waals surface area contributed by atoms with Gasteiger partial charge in [0, 0.05) is 12.8 Å². The Balaban J connectivity index is 2.36. The average molecular weight is 300 g/mol. The zero-order valence-corrected chi connectivity index (χ0v) is 13.2. The zero-order valence-electron chi connectivity index (χ0n) is 13.2. The molecule has 0 unspecified atom stereocenters. The molecule has 1 heterocycles. The highest BCUT2D eigenvalue weighted by Gasteiger charge is 2.36. The van der Waals surface area contributed by atoms with Crippen LogP contribution in [0, 0.1) is 5.92 Å². The first-order valence-electron chi connectivity index (χ1n) is 8.07. The lowest BCUT2D eigenvalue weighted by molar-refractivity contribution is -0.327. The number of hydrogen-bond acceptors (Lipinski definition) is 5. The van der Waals surface area contributed by atoms with E-state index in [4.69, 9.17) is 9.47 Å². The predicted molar refractivity (Wildman–Crippen MR) is 78.1 cm³/mol. The van der Waals surface area contributed by atoms with Crippen molar-refractivity contribution in [1.82, 2.24) is 0 Å². The van der Waals surface area contributed by atoms with Gasteiger partial charge in [0.15, 0.2) is 0 Å². The Labute approximate surface area is 127 Å². The van der Waals surface area contributed by atoms with E-state index in [1.54, 1.807) is 0 Å². The highest BCUT2D eigenvalue weighted by Crippen LogP contribution is 2.23. The minimum Gasteiger partial charge on any atom is -0.398 e. The van der Waals surface area contributed by atoms with Crippen molar-refractivity contribution in [2.75, 3.05) is 0 Å². The van der Waals surface area contributed by atoms with Crippen LogP contribution in [-0.2, 0) is 19.1 Å². The van der Waals surface area contributed by atoms with E-state index in [-0.39, 0.29) is 19.3 Å². The van der Waals surface area contributed by atoms with E-state index in [1.165, 1.54) is 6.42 Å². The molecule has 1 aliphatic rings. The number of aliphatic hydroxyl groups is 1. The van der Waals surface area contributed by atoms with Crippen LogP contribution in [0.2, 0.25) is 0 Å². The third-order valence-electron chi connectivity index (χ3n) is 3.58. The highest BCUT2D eigenvalue weighted by molar-refractivity contribution is 5.72. The normalized spacial score (nSPS) is 19.4. The largest absolute Gasteiger partial charge is 0.398 e. The summed E-state index contributed by atoms with van der Waals surface area (Å²) >= 11 is 0. The third kappa shape index (κ3) is 8.05. The van der Waals surface area contributed by atoms with Gasteiger partial charge in [0.2, 0.25) is 0 Å². The van der Waals surface area contributed by atoms with E-state index in [0.717, 1.165) is 19.3 Å². The number of ether oxygens (including phenoxy) is 2. The highest BCUT2D eigenvalue weighted by atomic mass is 16.8. The second-order valence-corrected chi connectivity index (χ2v) is 6.21. The van der Waals surface area contributed by atoms with Gasteiger partial charge in [0.1, 0.15) is 0 Å². The molecule has 0 aliphatic carbocycles. The number of hydrogen-bond donors (Lipinski definition) is 1. The zero-order chi connectivity index (χ0) is 15.7. The smallest absolute Gasteiger partial charge is 0.373 e. The van der Waals surface area contributed by atoms with Crippen LogP contribution in [0.1, 0.15) is 78.1 Å². The van der Waals surface area contributed by atoms with E-state index in [1.807, 2.05) is 0 Å². The van der Waals surface area contributed by atoms with Crippen molar-refractivity contribution >= 4 is 11.9 Å². The van der Waals surface area contributed by atoms with Gasteiger partial charge < -0.3 is 14.6 Å². The number of cyclic esters (lactones) is 2. The van der Waals surface area contributed by atoms with Gasteiger partial charge in [0.05, 0.1) is 6.42 Å². The van der Waals surface area contributed by atoms with Crippen LogP contribution in [0.4, 0.5) is 0 Å². The number of esters is 2. The number of unbranched alkanes of at least 4 members (excludes halogenated alkanes) is 3. The minimum absolute atomic E-state index is 0.145. The lowest BCUT2D eigenvalue weighted by Gasteiger charge is -2.26. The van der Waals surface area contributed by atoms with Crippen LogP contribution in [-0.4, -0.2) is 23.0 Å². The Hall–Kier alpha value is -1.10. The molecular weight excluding hydrogens is 272 g/mol. The summed E-state index contributed by atoms with van der Waals surface area (Å²) in [5, 5.41) is 10.2. The van der Waals surface area contributed by atoms with Crippen molar-refractivity contribution in [3.8, 4) is 0 Å². The van der Waals surface area contributed by atoms with Crippen LogP contribution in [0.3, 0.4) is 0 Å². The standard InChI is InChI=1S/C16H28O5/c1-13(2)9-5-3-4-8-12-16(19)20-14(17)10-6-7-11-15(18)21-16/h13,19H,3-12H2,1-2H3. The van der Waals surface area contributed by atoms with Crippen LogP contribution in [0.5, 0.6) is 0 Å². The van der Waals surface area contributed by atoms with Crippen LogP contribution >= 0.6 is 0 Å². The molecule has 1 saturated heterocycles. The van der Waals surface area contributed by atoms with Crippen molar-refractivity contribution in [2.24, 2.45) is 5.92 Å². The summed E-state index contributed by atoms with van der Waals surface area (Å²) in [6, 6.07) is 0. The summed E-state index contributed by atoms with van der Waals surface area (Å²) in [5.41, 5.74) is 0. The van der Waals surface area contributed by atoms with Crippen LogP contribution < -0.4 is 0 Å². The van der Waals surface area contributed by atoms with Gasteiger partial charge in [-0.1, -0.05) is 39.5 Å². The number of rotatable bonds is 7. The maximum Gasteiger partial charge on any atom is 0.373 e. The average Bonchev–Trinajstić information content (AvgIpc) is 2.43. The van der Waals surface area contributed by atoms with Gasteiger partial charge in [-0.25, -0.2) is 0 Å². The maximum absolute atomic E-state index is 11.5. The Bertz CT molecular complexity index is 318. The van der Waals surface area contributed by atoms with E-state index in [9.17, 15) is 14.7 Å². The fourth-order valence-electron chi connectivity index (χ4n) is 2.37. The molecule has 0 radical (unpaired) electrons. The summed E-state index contributed by atoms with van der Waals surface area (Å²) in [5.74, 6) is -2.39. The van der Waals surface area contributed by atoms with E-state index in [2.05, 4.69) is 13.8 Å². The Morgan fingerprint density at radius 3 is 2.05 bits per heavy atom. The van der Waals surface area contributed by atoms with Crippen molar-refractivity contribution in [3.63, 3.8) is 0 Å². The van der Waals surface area contributed by atoms with Crippen LogP contribution in [0.15, 0.2) is 0 Å². The summed E-state index contributed by atoms with van der Waals surface area (Å²) in [4.78, 5) is 23.1. The summed E-state index contributed by atoms with van der Waals surface area (Å²) in [6.45, 7) is 4.39. The lowest BCUT2D eigenvalue weighted by atomic mass is 10.0. The van der Waals surface area contributed by atoms with E-state index >= 15 is 0 Å². The molecule has 122 valence electrons. The molecule has 0 aromatic carbocycles. The molecule has 1 rings (SSSR count). The Kier molecular flexibility index (Phi) is 7.72. The first kappa shape index (κ1) is 18.0. The molecule has 0 spiro atoms. The summed E-state index contributed by atoms with van der Waals surface area (Å²) in [7, 11) is 0. The number of carbonyl (C=O) groups is 2. The van der Waals surface area contributed by atoms with Crippen molar-refractivity contribution in [1.29, 1.82) is 0 Å². The molecule has 0 atom stereocenters. The molecule has 0 aromatic rings. The van der Waals surface area contributed by atoms with Gasteiger partial charge in [-0.3, -0.25) is 9.59 Å². The van der Waals surface area contributed by atoms with Gasteiger partial charge in [0.25, 0.3) is 0 Å². The van der Waals surface area contributed by atoms with Crippen molar-refractivity contribution < 1.29 is 24.2 Å². The van der Waals surface area contributed by atoms with Gasteiger partial charge >= 0.3 is 17.9 Å². The monoisotopic (exact) mass is 300 g/mol. The first-order chi connectivity index (χ1) is 9.91. The Morgan fingerprint density at radius 1 is 1.00 bits per heavy atom. The molecule has 0 aromatic heterocycles. The molecule has 1 aliphatic heterocycles. The van der Waals surface area contributed by atoms with Crippen molar-refractivity contribution in [3.05, 3.63) is 0 Å². The summed E-state index contributed by atoms with van der Waals surface area (Å²) < 4.78 is 9.90. The molecule has 0 saturated carbocycles. The van der Waals surface area contributed by atoms with E-state index in [0.29, 0.717) is 25.2 Å². The molecule has 1 fully saturated rings. The number of carbonyl (C=O) groups excluding carboxylic acids is 2. The van der Waals surface area contributed by atoms with Gasteiger partial charge in [-0.05, 0) is 25.2 Å². The molecule has 0 bridgehead atoms. The quantitative estimate of drug-likeness (QED) is 0.577. The maximum atomic E-state index is 11.5. The van der Waals surface area contributed by atoms with Gasteiger partial charge in [-0.2, -0.15) is 0 Å². The molecule has 1 N–H and O–H groups in total. The second kappa shape index (κ2) is 9.03. The van der Waals surface area contributed by atoms with Crippen molar-refractivity contribution in [2.45, 2.75) is 84.0 Å². The molecule has 5 heteroatoms. The SMILES string of the molecule is CC(C)CCCCCCC1(O)OC(=O)CCCCC(=O)O1. The summed E-state index contributed by atoms with van der Waals surface area (Å²) in [6.07, 6.45) is 6.73. The topological polar surface area (TPSA) is 72.8 Å². The molecular formula is C16H28O5. The Morgan fingerprint density at radius 2 is 1.52 bits per heavy atom. The predicted octanol–water partition coefficient (Wildman–Crippen LogP) is 3.29. The third-order valence-corrected chi connectivity index (χ3v) is 3.58. The van der Waals surface area contributed by atoms with E-state index < -0.39 is 17.9 Å². The van der Waals surface area contributed by atoms with Crippen LogP contribution in [0.25, 0.3) is 0 Å². The minimum atomic E-state index is -2.07. The fraction of sp³-hybridized carbons (Fsp3) is 0.875. The molecule has 21 heavy (non-hydrogen) atoms. The fourth-order valence-corrected chi connectivity index (χ4v) is 2.37. The first-order valence-corrected chi connectivity index (χ1v) is 8.07. The molecule has 0 amide bonds. The lowest BCUT2D eigenvalue weighted by Crippen LogP contribution is -2.39. The molecule has 5 nitrogen and oxygen atoms in total. The second-order valence-electron chi connectivity index (χ2n) is 6.21.